The van der Waals surface area contributed by atoms with Gasteiger partial charge in [-0.3, -0.25) is 9.09 Å². The molecule has 6 nitrogen and oxygen atoms in total. The molecule has 0 aliphatic rings. The SMILES string of the molecule is O=[PH](O)OC(O)(OPO)c1c(F)cccc1I. The van der Waals surface area contributed by atoms with Crippen molar-refractivity contribution < 1.29 is 32.9 Å². The summed E-state index contributed by atoms with van der Waals surface area (Å²) in [4.78, 5) is 17.3. The van der Waals surface area contributed by atoms with Crippen LogP contribution in [0.15, 0.2) is 18.2 Å². The van der Waals surface area contributed by atoms with Crippen LogP contribution in [0.5, 0.6) is 0 Å². The monoisotopic (exact) mass is 396 g/mol. The van der Waals surface area contributed by atoms with Crippen molar-refractivity contribution in [3.05, 3.63) is 33.1 Å². The van der Waals surface area contributed by atoms with Gasteiger partial charge in [0, 0.05) is 3.57 Å². The molecule has 17 heavy (non-hydrogen) atoms. The van der Waals surface area contributed by atoms with Crippen LogP contribution < -0.4 is 0 Å². The number of hydrogen-bond donors (Lipinski definition) is 3. The third-order valence-electron chi connectivity index (χ3n) is 1.69. The van der Waals surface area contributed by atoms with E-state index < -0.39 is 34.6 Å². The number of hydrogen-bond acceptors (Lipinski definition) is 5. The summed E-state index contributed by atoms with van der Waals surface area (Å²) in [6.45, 7) is 0. The summed E-state index contributed by atoms with van der Waals surface area (Å²) in [5.74, 6) is -3.68. The highest BCUT2D eigenvalue weighted by Gasteiger charge is 2.39. The van der Waals surface area contributed by atoms with Gasteiger partial charge in [-0.25, -0.2) is 8.91 Å². The highest BCUT2D eigenvalue weighted by atomic mass is 127. The number of halogens is 2. The summed E-state index contributed by atoms with van der Waals surface area (Å²) in [5.41, 5.74) is -0.463. The lowest BCUT2D eigenvalue weighted by Gasteiger charge is -2.26. The van der Waals surface area contributed by atoms with Crippen molar-refractivity contribution >= 4 is 39.9 Å². The minimum Gasteiger partial charge on any atom is -0.352 e. The molecule has 3 atom stereocenters. The van der Waals surface area contributed by atoms with Crippen LogP contribution in [-0.2, 0) is 19.6 Å². The second kappa shape index (κ2) is 6.49. The molecule has 0 heterocycles. The zero-order chi connectivity index (χ0) is 13.1. The van der Waals surface area contributed by atoms with E-state index >= 15 is 0 Å². The first-order valence-electron chi connectivity index (χ1n) is 4.06. The topological polar surface area (TPSA) is 96.2 Å². The van der Waals surface area contributed by atoms with Gasteiger partial charge in [0.15, 0.2) is 9.03 Å². The smallest absolute Gasteiger partial charge is 0.325 e. The minimum atomic E-state index is -3.59. The second-order valence-corrected chi connectivity index (χ2v) is 5.02. The van der Waals surface area contributed by atoms with Crippen molar-refractivity contribution in [1.82, 2.24) is 0 Å². The van der Waals surface area contributed by atoms with Crippen molar-refractivity contribution in [1.29, 1.82) is 0 Å². The standard InChI is InChI=1S/C7H8FIO6P2/c8-4-2-1-3-5(9)6(4)7(10,14-16-11)15-17(12)13/h1-3,10-11,16-17H,(H,12,13). The van der Waals surface area contributed by atoms with Crippen LogP contribution >= 0.6 is 39.9 Å². The van der Waals surface area contributed by atoms with E-state index in [0.717, 1.165) is 6.07 Å². The molecular weight excluding hydrogens is 388 g/mol. The predicted molar refractivity (Wildman–Crippen MR) is 66.9 cm³/mol. The molecule has 0 spiro atoms. The molecule has 0 aliphatic heterocycles. The van der Waals surface area contributed by atoms with Crippen molar-refractivity contribution in [2.24, 2.45) is 0 Å². The largest absolute Gasteiger partial charge is 0.352 e. The van der Waals surface area contributed by atoms with Crippen LogP contribution in [-0.4, -0.2) is 14.9 Å². The third kappa shape index (κ3) is 3.90. The number of benzene rings is 1. The Kier molecular flexibility index (Phi) is 5.88. The van der Waals surface area contributed by atoms with Gasteiger partial charge in [0.25, 0.3) is 0 Å². The summed E-state index contributed by atoms with van der Waals surface area (Å²) in [7, 11) is -4.85. The zero-order valence-corrected chi connectivity index (χ0v) is 12.2. The van der Waals surface area contributed by atoms with E-state index in [0.29, 0.717) is 0 Å². The van der Waals surface area contributed by atoms with Gasteiger partial charge in [0.05, 0.1) is 5.56 Å². The molecule has 0 bridgehead atoms. The van der Waals surface area contributed by atoms with Gasteiger partial charge in [0.1, 0.15) is 5.82 Å². The van der Waals surface area contributed by atoms with E-state index in [1.165, 1.54) is 12.1 Å². The van der Waals surface area contributed by atoms with Crippen LogP contribution in [0.1, 0.15) is 5.56 Å². The maximum absolute atomic E-state index is 13.5. The summed E-state index contributed by atoms with van der Waals surface area (Å²) in [6, 6.07) is 3.83. The highest BCUT2D eigenvalue weighted by Crippen LogP contribution is 2.40. The Labute approximate surface area is 112 Å². The number of rotatable bonds is 5. The first-order chi connectivity index (χ1) is 7.90. The Morgan fingerprint density at radius 2 is 2.18 bits per heavy atom. The first-order valence-corrected chi connectivity index (χ1v) is 7.26. The molecule has 0 aliphatic carbocycles. The summed E-state index contributed by atoms with van der Waals surface area (Å²) < 4.78 is 33.1. The van der Waals surface area contributed by atoms with Crippen molar-refractivity contribution in [2.75, 3.05) is 0 Å². The lowest BCUT2D eigenvalue weighted by Crippen LogP contribution is -2.30. The van der Waals surface area contributed by atoms with Gasteiger partial charge >= 0.3 is 14.2 Å². The highest BCUT2D eigenvalue weighted by molar-refractivity contribution is 14.1. The average molecular weight is 396 g/mol. The van der Waals surface area contributed by atoms with Crippen LogP contribution in [0.3, 0.4) is 0 Å². The van der Waals surface area contributed by atoms with E-state index in [4.69, 9.17) is 9.79 Å². The van der Waals surface area contributed by atoms with Crippen LogP contribution in [0.2, 0.25) is 0 Å². The fourth-order valence-electron chi connectivity index (χ4n) is 1.10. The van der Waals surface area contributed by atoms with Gasteiger partial charge < -0.3 is 14.9 Å². The molecule has 1 rings (SSSR count). The van der Waals surface area contributed by atoms with E-state index in [1.54, 1.807) is 22.6 Å². The maximum Gasteiger partial charge on any atom is 0.325 e. The average Bonchev–Trinajstić information content (AvgIpc) is 2.15. The Balaban J connectivity index is 3.26. The Morgan fingerprint density at radius 1 is 1.53 bits per heavy atom. The molecule has 3 N–H and O–H groups in total. The van der Waals surface area contributed by atoms with E-state index in [-0.39, 0.29) is 3.57 Å². The fraction of sp³-hybridized carbons (Fsp3) is 0.143. The first kappa shape index (κ1) is 15.4. The van der Waals surface area contributed by atoms with Crippen molar-refractivity contribution in [3.8, 4) is 0 Å². The van der Waals surface area contributed by atoms with Crippen molar-refractivity contribution in [3.63, 3.8) is 0 Å². The molecule has 96 valence electrons. The van der Waals surface area contributed by atoms with Gasteiger partial charge in [-0.1, -0.05) is 6.07 Å². The van der Waals surface area contributed by atoms with E-state index in [2.05, 4.69) is 9.05 Å². The quantitative estimate of drug-likeness (QED) is 0.396. The molecular formula is C7H8FIO6P2. The summed E-state index contributed by atoms with van der Waals surface area (Å²) in [6.07, 6.45) is 0. The van der Waals surface area contributed by atoms with E-state index in [9.17, 15) is 14.1 Å². The molecule has 0 aromatic heterocycles. The normalized spacial score (nSPS) is 17.2. The molecule has 0 fully saturated rings. The molecule has 0 amide bonds. The summed E-state index contributed by atoms with van der Waals surface area (Å²) in [5, 5.41) is 9.84. The second-order valence-electron chi connectivity index (χ2n) is 2.74. The van der Waals surface area contributed by atoms with E-state index in [1.807, 2.05) is 0 Å². The van der Waals surface area contributed by atoms with Gasteiger partial charge in [-0.15, -0.1) is 0 Å². The Hall–Kier alpha value is 0.340. The molecule has 1 aromatic rings. The molecule has 0 saturated heterocycles. The molecule has 10 heteroatoms. The van der Waals surface area contributed by atoms with Crippen LogP contribution in [0.25, 0.3) is 0 Å². The maximum atomic E-state index is 13.5. The van der Waals surface area contributed by atoms with Crippen molar-refractivity contribution in [2.45, 2.75) is 5.97 Å². The summed E-state index contributed by atoms with van der Waals surface area (Å²) >= 11 is 1.69. The molecule has 0 saturated carbocycles. The fourth-order valence-corrected chi connectivity index (χ4v) is 2.64. The Morgan fingerprint density at radius 3 is 2.65 bits per heavy atom. The van der Waals surface area contributed by atoms with Gasteiger partial charge in [0.2, 0.25) is 0 Å². The lowest BCUT2D eigenvalue weighted by atomic mass is 10.2. The van der Waals surface area contributed by atoms with Gasteiger partial charge in [-0.2, -0.15) is 0 Å². The number of aliphatic hydroxyl groups is 1. The third-order valence-corrected chi connectivity index (χ3v) is 3.41. The van der Waals surface area contributed by atoms with Gasteiger partial charge in [-0.05, 0) is 34.7 Å². The Bertz CT molecular complexity index is 413. The minimum absolute atomic E-state index is 0.214. The molecule has 1 aromatic carbocycles. The molecule has 3 unspecified atom stereocenters. The zero-order valence-electron chi connectivity index (χ0n) is 8.05. The lowest BCUT2D eigenvalue weighted by molar-refractivity contribution is -0.284. The predicted octanol–water partition coefficient (Wildman–Crippen LogP) is 1.45. The van der Waals surface area contributed by atoms with Crippen LogP contribution in [0, 0.1) is 9.39 Å². The molecule has 0 radical (unpaired) electrons. The van der Waals surface area contributed by atoms with Crippen LogP contribution in [0.4, 0.5) is 4.39 Å².